The first-order valence-corrected chi connectivity index (χ1v) is 18.7. The van der Waals surface area contributed by atoms with Crippen LogP contribution in [0.15, 0.2) is 158 Å². The quantitative estimate of drug-likeness (QED) is 0.0674. The summed E-state index contributed by atoms with van der Waals surface area (Å²) >= 11 is 0. The van der Waals surface area contributed by atoms with Crippen molar-refractivity contribution in [2.45, 2.75) is 13.2 Å². The molecule has 4 N–H and O–H groups in total. The topological polar surface area (TPSA) is 104 Å². The summed E-state index contributed by atoms with van der Waals surface area (Å²) in [4.78, 5) is 0. The van der Waals surface area contributed by atoms with E-state index in [1.54, 1.807) is 28.4 Å². The van der Waals surface area contributed by atoms with Crippen LogP contribution in [-0.2, 0) is 13.2 Å². The molecule has 0 aromatic heterocycles. The number of benzene rings is 7. The molecule has 7 rings (SSSR count). The molecule has 58 heavy (non-hydrogen) atoms. The Morgan fingerprint density at radius 3 is 0.914 bits per heavy atom. The van der Waals surface area contributed by atoms with E-state index in [-0.39, 0.29) is 0 Å². The van der Waals surface area contributed by atoms with Gasteiger partial charge in [-0.1, -0.05) is 36.4 Å². The number of rotatable bonds is 18. The molecule has 0 heterocycles. The number of nitrogens with one attached hydrogen (secondary N) is 4. The molecule has 0 unspecified atom stereocenters. The maximum Gasteiger partial charge on any atom is 0.145 e. The lowest BCUT2D eigenvalue weighted by atomic mass is 10.1. The highest BCUT2D eigenvalue weighted by molar-refractivity contribution is 5.84. The maximum absolute atomic E-state index is 6.48. The summed E-state index contributed by atoms with van der Waals surface area (Å²) in [6, 6.07) is 51.3. The predicted octanol–water partition coefficient (Wildman–Crippen LogP) is 11.9. The highest BCUT2D eigenvalue weighted by Crippen LogP contribution is 2.39. The molecule has 0 aliphatic carbocycles. The maximum atomic E-state index is 6.48. The zero-order valence-corrected chi connectivity index (χ0v) is 32.9. The lowest BCUT2D eigenvalue weighted by Gasteiger charge is -2.19. The third-order valence-corrected chi connectivity index (χ3v) is 9.32. The van der Waals surface area contributed by atoms with Gasteiger partial charge in [-0.3, -0.25) is 0 Å². The molecule has 10 heteroatoms. The van der Waals surface area contributed by atoms with E-state index < -0.39 is 0 Å². The normalized spacial score (nSPS) is 10.6. The fraction of sp³-hybridized carbons (Fsp3) is 0.125. The van der Waals surface area contributed by atoms with Gasteiger partial charge in [-0.25, -0.2) is 0 Å². The Balaban J connectivity index is 1.06. The third-order valence-electron chi connectivity index (χ3n) is 9.32. The summed E-state index contributed by atoms with van der Waals surface area (Å²) in [7, 11) is 6.62. The van der Waals surface area contributed by atoms with Crippen LogP contribution in [0.4, 0.5) is 45.5 Å². The number of anilines is 8. The van der Waals surface area contributed by atoms with Gasteiger partial charge >= 0.3 is 0 Å². The zero-order valence-electron chi connectivity index (χ0n) is 32.9. The summed E-state index contributed by atoms with van der Waals surface area (Å²) in [6.45, 7) is 0.721. The van der Waals surface area contributed by atoms with Crippen molar-refractivity contribution in [3.63, 3.8) is 0 Å². The van der Waals surface area contributed by atoms with Gasteiger partial charge in [0.1, 0.15) is 59.1 Å². The number of methoxy groups -OCH3 is 4. The number of hydrogen-bond acceptors (Lipinski definition) is 10. The number of para-hydroxylation sites is 2. The van der Waals surface area contributed by atoms with Crippen LogP contribution >= 0.6 is 0 Å². The second kappa shape index (κ2) is 18.9. The van der Waals surface area contributed by atoms with E-state index in [2.05, 4.69) is 45.5 Å². The second-order valence-corrected chi connectivity index (χ2v) is 13.2. The summed E-state index contributed by atoms with van der Waals surface area (Å²) in [5, 5.41) is 14.2. The van der Waals surface area contributed by atoms with Gasteiger partial charge < -0.3 is 49.7 Å². The van der Waals surface area contributed by atoms with Crippen molar-refractivity contribution >= 4 is 45.5 Å². The van der Waals surface area contributed by atoms with E-state index in [1.165, 1.54) is 0 Å². The molecule has 294 valence electrons. The largest absolute Gasteiger partial charge is 0.497 e. The van der Waals surface area contributed by atoms with Crippen LogP contribution in [0.25, 0.3) is 0 Å². The first-order valence-electron chi connectivity index (χ1n) is 18.7. The van der Waals surface area contributed by atoms with Crippen molar-refractivity contribution in [3.05, 3.63) is 169 Å². The van der Waals surface area contributed by atoms with Gasteiger partial charge in [0.25, 0.3) is 0 Å². The summed E-state index contributed by atoms with van der Waals surface area (Å²) in [6.07, 6.45) is 0. The Bertz CT molecular complexity index is 2200. The molecular weight excluding hydrogens is 729 g/mol. The Hall–Kier alpha value is -7.46. The van der Waals surface area contributed by atoms with E-state index in [9.17, 15) is 0 Å². The highest BCUT2D eigenvalue weighted by atomic mass is 16.5. The Morgan fingerprint density at radius 1 is 0.328 bits per heavy atom. The van der Waals surface area contributed by atoms with Gasteiger partial charge in [0.2, 0.25) is 0 Å². The number of hydrogen-bond donors (Lipinski definition) is 4. The van der Waals surface area contributed by atoms with Gasteiger partial charge in [0.15, 0.2) is 0 Å². The van der Waals surface area contributed by atoms with Crippen LogP contribution < -0.4 is 49.7 Å². The van der Waals surface area contributed by atoms with Crippen LogP contribution in [0.1, 0.15) is 11.1 Å². The van der Waals surface area contributed by atoms with Crippen molar-refractivity contribution < 1.29 is 28.4 Å². The minimum atomic E-state index is 0.361. The summed E-state index contributed by atoms with van der Waals surface area (Å²) < 4.78 is 34.4. The van der Waals surface area contributed by atoms with Gasteiger partial charge in [0.05, 0.1) is 39.8 Å². The van der Waals surface area contributed by atoms with Crippen LogP contribution in [0, 0.1) is 0 Å². The SMILES string of the molecule is COc1ccc(Nc2cccc(OCc3ccc(COc4cccc(Nc5ccc(OC)cc5)c4Nc4ccc(OC)cc4)cc3)c2Nc2ccc(OC)cc2)cc1. The number of ether oxygens (including phenoxy) is 6. The van der Waals surface area contributed by atoms with Gasteiger partial charge in [-0.2, -0.15) is 0 Å². The first kappa shape index (κ1) is 38.8. The van der Waals surface area contributed by atoms with E-state index in [0.717, 1.165) is 79.6 Å². The van der Waals surface area contributed by atoms with Crippen LogP contribution in [-0.4, -0.2) is 28.4 Å². The molecule has 7 aromatic rings. The van der Waals surface area contributed by atoms with Crippen molar-refractivity contribution in [2.24, 2.45) is 0 Å². The van der Waals surface area contributed by atoms with Crippen LogP contribution in [0.2, 0.25) is 0 Å². The fourth-order valence-corrected chi connectivity index (χ4v) is 6.12. The Morgan fingerprint density at radius 2 is 0.621 bits per heavy atom. The van der Waals surface area contributed by atoms with Crippen molar-refractivity contribution in [3.8, 4) is 34.5 Å². The van der Waals surface area contributed by atoms with E-state index in [1.807, 2.05) is 133 Å². The smallest absolute Gasteiger partial charge is 0.145 e. The Labute approximate surface area is 339 Å². The minimum Gasteiger partial charge on any atom is -0.497 e. The fourth-order valence-electron chi connectivity index (χ4n) is 6.12. The zero-order chi connectivity index (χ0) is 40.1. The molecule has 0 saturated carbocycles. The third kappa shape index (κ3) is 10.0. The summed E-state index contributed by atoms with van der Waals surface area (Å²) in [5.74, 6) is 4.53. The molecule has 0 spiro atoms. The molecule has 0 aliphatic heterocycles. The minimum absolute atomic E-state index is 0.361. The first-order chi connectivity index (χ1) is 28.5. The molecule has 10 nitrogen and oxygen atoms in total. The van der Waals surface area contributed by atoms with Crippen LogP contribution in [0.5, 0.6) is 34.5 Å². The van der Waals surface area contributed by atoms with E-state index >= 15 is 0 Å². The molecule has 0 amide bonds. The molecule has 0 fully saturated rings. The molecule has 0 atom stereocenters. The summed E-state index contributed by atoms with van der Waals surface area (Å²) in [5.41, 5.74) is 8.96. The Kier molecular flexibility index (Phi) is 12.7. The molecule has 7 aromatic carbocycles. The lowest BCUT2D eigenvalue weighted by Crippen LogP contribution is -2.04. The van der Waals surface area contributed by atoms with Crippen molar-refractivity contribution in [1.82, 2.24) is 0 Å². The second-order valence-electron chi connectivity index (χ2n) is 13.2. The molecule has 0 saturated heterocycles. The van der Waals surface area contributed by atoms with Crippen LogP contribution in [0.3, 0.4) is 0 Å². The average Bonchev–Trinajstić information content (AvgIpc) is 3.28. The van der Waals surface area contributed by atoms with Crippen molar-refractivity contribution in [2.75, 3.05) is 49.7 Å². The van der Waals surface area contributed by atoms with E-state index in [0.29, 0.717) is 24.7 Å². The van der Waals surface area contributed by atoms with E-state index in [4.69, 9.17) is 28.4 Å². The van der Waals surface area contributed by atoms with Gasteiger partial charge in [-0.05, 0) is 132 Å². The molecule has 0 bridgehead atoms. The van der Waals surface area contributed by atoms with Gasteiger partial charge in [0, 0.05) is 22.7 Å². The standard InChI is InChI=1S/C48H46N4O6/c1-53-39-23-15-35(16-24-39)49-43-7-5-9-45(47(43)51-37-19-27-41(55-3)28-20-37)57-31-33-11-13-34(14-12-33)32-58-46-10-6-8-44(50-36-17-25-40(54-2)26-18-36)48(46)52-38-21-29-42(56-4)30-22-38/h5-30,49-52H,31-32H2,1-4H3. The van der Waals surface area contributed by atoms with Crippen molar-refractivity contribution in [1.29, 1.82) is 0 Å². The lowest BCUT2D eigenvalue weighted by molar-refractivity contribution is 0.304. The average molecular weight is 775 g/mol. The van der Waals surface area contributed by atoms with Gasteiger partial charge in [-0.15, -0.1) is 0 Å². The molecule has 0 radical (unpaired) electrons. The monoisotopic (exact) mass is 774 g/mol. The molecule has 0 aliphatic rings. The predicted molar refractivity (Wildman–Crippen MR) is 233 cm³/mol. The highest BCUT2D eigenvalue weighted by Gasteiger charge is 2.14. The molecular formula is C48H46N4O6.